The minimum absolute atomic E-state index is 0.0763. The Bertz CT molecular complexity index is 599. The van der Waals surface area contributed by atoms with Gasteiger partial charge in [-0.1, -0.05) is 86.1 Å². The van der Waals surface area contributed by atoms with Crippen LogP contribution in [0, 0.1) is 39.9 Å². The Labute approximate surface area is 170 Å². The molecule has 0 saturated heterocycles. The molecular formula is C26H43P. The van der Waals surface area contributed by atoms with Crippen LogP contribution in [0.1, 0.15) is 80.6 Å². The van der Waals surface area contributed by atoms with Gasteiger partial charge in [-0.25, -0.2) is 0 Å². The first-order chi connectivity index (χ1) is 12.5. The molecule has 4 bridgehead atoms. The summed E-state index contributed by atoms with van der Waals surface area (Å²) in [5.74, 6) is 3.74. The molecule has 2 fully saturated rings. The van der Waals surface area contributed by atoms with E-state index in [1.54, 1.807) is 0 Å². The first-order valence-electron chi connectivity index (χ1n) is 11.6. The molecule has 27 heavy (non-hydrogen) atoms. The third-order valence-corrected chi connectivity index (χ3v) is 12.5. The van der Waals surface area contributed by atoms with Crippen LogP contribution in [0.2, 0.25) is 0 Å². The lowest BCUT2D eigenvalue weighted by Gasteiger charge is -2.58. The minimum atomic E-state index is 0.0763. The summed E-state index contributed by atoms with van der Waals surface area (Å²) in [4.78, 5) is 0. The molecule has 0 heterocycles. The van der Waals surface area contributed by atoms with Crippen molar-refractivity contribution in [3.8, 4) is 0 Å². The number of hydrogen-bond acceptors (Lipinski definition) is 0. The second-order valence-electron chi connectivity index (χ2n) is 12.3. The lowest BCUT2D eigenvalue weighted by Crippen LogP contribution is -2.49. The summed E-state index contributed by atoms with van der Waals surface area (Å²) in [5, 5.41) is 0. The Morgan fingerprint density at radius 2 is 1.33 bits per heavy atom. The van der Waals surface area contributed by atoms with Gasteiger partial charge < -0.3 is 0 Å². The maximum atomic E-state index is 2.68. The number of allylic oxidation sites excluding steroid dienone is 4. The topological polar surface area (TPSA) is 0 Å². The molecule has 6 aliphatic carbocycles. The summed E-state index contributed by atoms with van der Waals surface area (Å²) in [6, 6.07) is 0. The number of rotatable bonds is 7. The molecule has 0 amide bonds. The van der Waals surface area contributed by atoms with E-state index in [-0.39, 0.29) is 7.92 Å². The Morgan fingerprint density at radius 1 is 0.889 bits per heavy atom. The van der Waals surface area contributed by atoms with Gasteiger partial charge in [0.1, 0.15) is 0 Å². The predicted molar refractivity (Wildman–Crippen MR) is 122 cm³/mol. The van der Waals surface area contributed by atoms with Crippen molar-refractivity contribution in [3.05, 3.63) is 23.3 Å². The molecule has 0 aromatic carbocycles. The summed E-state index contributed by atoms with van der Waals surface area (Å²) in [6.07, 6.45) is 16.7. The van der Waals surface area contributed by atoms with Crippen LogP contribution in [0.4, 0.5) is 0 Å². The molecule has 0 aromatic heterocycles. The van der Waals surface area contributed by atoms with Gasteiger partial charge in [-0.15, -0.1) is 0 Å². The highest BCUT2D eigenvalue weighted by Gasteiger charge is 2.53. The van der Waals surface area contributed by atoms with E-state index in [9.17, 15) is 0 Å². The fourth-order valence-electron chi connectivity index (χ4n) is 6.71. The normalized spacial score (nSPS) is 35.9. The molecular weight excluding hydrogens is 343 g/mol. The van der Waals surface area contributed by atoms with E-state index >= 15 is 0 Å². The minimum Gasteiger partial charge on any atom is -0.0979 e. The molecule has 0 spiro atoms. The molecule has 0 aliphatic heterocycles. The van der Waals surface area contributed by atoms with E-state index in [0.717, 1.165) is 23.7 Å². The van der Waals surface area contributed by atoms with E-state index in [1.165, 1.54) is 50.6 Å². The Kier molecular flexibility index (Phi) is 5.03. The van der Waals surface area contributed by atoms with E-state index in [4.69, 9.17) is 0 Å². The third-order valence-electron chi connectivity index (χ3n) is 9.59. The zero-order valence-corrected chi connectivity index (χ0v) is 20.0. The van der Waals surface area contributed by atoms with E-state index < -0.39 is 0 Å². The highest BCUT2D eigenvalue weighted by atomic mass is 31.1. The molecule has 0 N–H and O–H groups in total. The molecule has 152 valence electrons. The average molecular weight is 387 g/mol. The molecule has 0 unspecified atom stereocenters. The van der Waals surface area contributed by atoms with Crippen molar-refractivity contribution < 1.29 is 0 Å². The van der Waals surface area contributed by atoms with Gasteiger partial charge in [-0.2, -0.15) is 0 Å². The monoisotopic (exact) mass is 386 g/mol. The van der Waals surface area contributed by atoms with Gasteiger partial charge >= 0.3 is 0 Å². The van der Waals surface area contributed by atoms with Gasteiger partial charge in [0.15, 0.2) is 0 Å². The van der Waals surface area contributed by atoms with Gasteiger partial charge in [0.25, 0.3) is 0 Å². The SMILES string of the molecule is CCC(C)(C)CP(CC1=CC[C@H]2C[C@@H]1C2(C)C)CC1=CC[C@H]2C[C@@H]1C2(C)C. The molecule has 4 atom stereocenters. The number of hydrogen-bond donors (Lipinski definition) is 0. The Morgan fingerprint density at radius 3 is 1.67 bits per heavy atom. The predicted octanol–water partition coefficient (Wildman–Crippen LogP) is 7.89. The number of fused-ring (bicyclic) bond motifs is 2. The standard InChI is InChI=1S/C26H43P/c1-8-24(2,3)17-27(15-18-9-11-20-13-22(18)25(20,4)5)16-19-10-12-21-14-23(19)26(21,6)7/h9-10,20-23H,8,11-17H2,1-7H3/t20-,21-,22-,23-/m0/s1. The van der Waals surface area contributed by atoms with Gasteiger partial charge in [-0.05, 0) is 84.1 Å². The van der Waals surface area contributed by atoms with Gasteiger partial charge in [0.05, 0.1) is 0 Å². The summed E-state index contributed by atoms with van der Waals surface area (Å²) in [5.41, 5.74) is 5.40. The largest absolute Gasteiger partial charge is 0.0979 e. The average Bonchev–Trinajstić information content (AvgIpc) is 2.61. The molecule has 6 rings (SSSR count). The quantitative estimate of drug-likeness (QED) is 0.308. The molecule has 0 aromatic rings. The first kappa shape index (κ1) is 20.2. The summed E-state index contributed by atoms with van der Waals surface area (Å²) in [7, 11) is 0.0763. The fraction of sp³-hybridized carbons (Fsp3) is 0.846. The molecule has 1 heteroatoms. The lowest BCUT2D eigenvalue weighted by molar-refractivity contribution is -0.00601. The Hall–Kier alpha value is -0.0900. The third kappa shape index (κ3) is 3.41. The van der Waals surface area contributed by atoms with Crippen molar-refractivity contribution in [2.45, 2.75) is 80.6 Å². The van der Waals surface area contributed by atoms with Crippen LogP contribution in [-0.4, -0.2) is 18.5 Å². The van der Waals surface area contributed by atoms with Crippen LogP contribution in [0.25, 0.3) is 0 Å². The van der Waals surface area contributed by atoms with Crippen molar-refractivity contribution in [2.75, 3.05) is 18.5 Å². The van der Waals surface area contributed by atoms with Crippen molar-refractivity contribution in [3.63, 3.8) is 0 Å². The highest BCUT2D eigenvalue weighted by molar-refractivity contribution is 7.58. The first-order valence-corrected chi connectivity index (χ1v) is 13.5. The van der Waals surface area contributed by atoms with Crippen molar-refractivity contribution in [1.82, 2.24) is 0 Å². The van der Waals surface area contributed by atoms with Gasteiger partial charge in [0, 0.05) is 0 Å². The van der Waals surface area contributed by atoms with Gasteiger partial charge in [0.2, 0.25) is 0 Å². The molecule has 0 radical (unpaired) electrons. The van der Waals surface area contributed by atoms with Crippen molar-refractivity contribution in [1.29, 1.82) is 0 Å². The second-order valence-corrected chi connectivity index (χ2v) is 14.6. The van der Waals surface area contributed by atoms with E-state index in [1.807, 2.05) is 11.1 Å². The van der Waals surface area contributed by atoms with Crippen LogP contribution < -0.4 is 0 Å². The lowest BCUT2D eigenvalue weighted by atomic mass is 9.49. The maximum Gasteiger partial charge on any atom is -0.0108 e. The second kappa shape index (κ2) is 6.72. The van der Waals surface area contributed by atoms with Crippen LogP contribution in [0.3, 0.4) is 0 Å². The van der Waals surface area contributed by atoms with E-state index in [2.05, 4.69) is 60.6 Å². The van der Waals surface area contributed by atoms with Crippen LogP contribution in [0.5, 0.6) is 0 Å². The molecule has 6 aliphatic rings. The maximum absolute atomic E-state index is 2.68. The zero-order valence-electron chi connectivity index (χ0n) is 19.1. The van der Waals surface area contributed by atoms with Crippen molar-refractivity contribution >= 4 is 7.92 Å². The zero-order chi connectivity index (χ0) is 19.6. The van der Waals surface area contributed by atoms with Gasteiger partial charge in [-0.3, -0.25) is 0 Å². The molecule has 2 saturated carbocycles. The summed E-state index contributed by atoms with van der Waals surface area (Å²) in [6.45, 7) is 17.6. The van der Waals surface area contributed by atoms with Crippen LogP contribution in [-0.2, 0) is 0 Å². The molecule has 0 nitrogen and oxygen atoms in total. The van der Waals surface area contributed by atoms with Crippen LogP contribution >= 0.6 is 7.92 Å². The van der Waals surface area contributed by atoms with E-state index in [0.29, 0.717) is 16.2 Å². The highest BCUT2D eigenvalue weighted by Crippen LogP contribution is 2.64. The summed E-state index contributed by atoms with van der Waals surface area (Å²) >= 11 is 0. The summed E-state index contributed by atoms with van der Waals surface area (Å²) < 4.78 is 0. The smallest absolute Gasteiger partial charge is 0.0108 e. The Balaban J connectivity index is 1.50. The van der Waals surface area contributed by atoms with Crippen molar-refractivity contribution in [2.24, 2.45) is 39.9 Å². The van der Waals surface area contributed by atoms with Crippen LogP contribution in [0.15, 0.2) is 23.3 Å². The fourth-order valence-corrected chi connectivity index (χ4v) is 10.2.